The van der Waals surface area contributed by atoms with Gasteiger partial charge >= 0.3 is 0 Å². The number of tetrazole rings is 1. The van der Waals surface area contributed by atoms with Gasteiger partial charge in [-0.2, -0.15) is 5.26 Å². The molecule has 0 fully saturated rings. The van der Waals surface area contributed by atoms with Crippen molar-refractivity contribution in [3.8, 4) is 12.0 Å². The van der Waals surface area contributed by atoms with Crippen molar-refractivity contribution in [1.29, 1.82) is 5.26 Å². The highest BCUT2D eigenvalue weighted by molar-refractivity contribution is 7.98. The lowest BCUT2D eigenvalue weighted by molar-refractivity contribution is 0.682. The van der Waals surface area contributed by atoms with Crippen LogP contribution in [-0.2, 0) is 12.8 Å². The topological polar surface area (TPSA) is 98.1 Å². The van der Waals surface area contributed by atoms with Crippen LogP contribution >= 0.6 is 11.8 Å². The molecule has 0 aliphatic carbocycles. The number of aromatic nitrogens is 7. The highest BCUT2D eigenvalue weighted by Crippen LogP contribution is 2.28. The summed E-state index contributed by atoms with van der Waals surface area (Å²) in [5.41, 5.74) is 3.21. The highest BCUT2D eigenvalue weighted by Gasteiger charge is 2.17. The summed E-state index contributed by atoms with van der Waals surface area (Å²) in [6.45, 7) is 0. The van der Waals surface area contributed by atoms with E-state index in [4.69, 9.17) is 10.2 Å². The normalized spacial score (nSPS) is 10.9. The number of rotatable bonds is 4. The quantitative estimate of drug-likeness (QED) is 0.521. The van der Waals surface area contributed by atoms with Gasteiger partial charge in [-0.1, -0.05) is 29.0 Å². The van der Waals surface area contributed by atoms with E-state index in [9.17, 15) is 0 Å². The largest absolute Gasteiger partial charge is 0.260 e. The minimum absolute atomic E-state index is 0.587. The first-order valence-electron chi connectivity index (χ1n) is 7.44. The Hall–Kier alpha value is -3.25. The zero-order valence-electron chi connectivity index (χ0n) is 13.2. The molecule has 0 radical (unpaired) electrons. The van der Waals surface area contributed by atoms with Gasteiger partial charge in [0.1, 0.15) is 0 Å². The van der Waals surface area contributed by atoms with Crippen LogP contribution in [0.5, 0.6) is 0 Å². The molecule has 0 saturated heterocycles. The molecule has 0 spiro atoms. The number of aryl methyl sites for hydroxylation is 1. The first-order chi connectivity index (χ1) is 12.3. The minimum Gasteiger partial charge on any atom is -0.260 e. The van der Waals surface area contributed by atoms with Crippen LogP contribution in [0.3, 0.4) is 0 Å². The fourth-order valence-corrected chi connectivity index (χ4v) is 3.38. The fourth-order valence-electron chi connectivity index (χ4n) is 2.47. The number of benzene rings is 1. The van der Waals surface area contributed by atoms with E-state index >= 15 is 0 Å². The van der Waals surface area contributed by atoms with Gasteiger partial charge in [-0.05, 0) is 34.7 Å². The minimum atomic E-state index is 0.587. The van der Waals surface area contributed by atoms with Crippen LogP contribution < -0.4 is 0 Å². The second-order valence-electron chi connectivity index (χ2n) is 5.26. The number of hydrogen-bond acceptors (Lipinski definition) is 7. The molecule has 0 saturated carbocycles. The molecule has 122 valence electrons. The Morgan fingerprint density at radius 3 is 2.92 bits per heavy atom. The van der Waals surface area contributed by atoms with Gasteiger partial charge in [-0.25, -0.2) is 9.67 Å². The maximum atomic E-state index is 9.02. The summed E-state index contributed by atoms with van der Waals surface area (Å²) in [4.78, 5) is 9.00. The molecule has 4 aromatic rings. The van der Waals surface area contributed by atoms with E-state index in [2.05, 4.69) is 26.6 Å². The third kappa shape index (κ3) is 2.83. The summed E-state index contributed by atoms with van der Waals surface area (Å²) < 4.78 is 3.53. The molecule has 0 amide bonds. The van der Waals surface area contributed by atoms with Crippen molar-refractivity contribution in [2.45, 2.75) is 10.9 Å². The van der Waals surface area contributed by atoms with Crippen LogP contribution in [0.25, 0.3) is 17.0 Å². The van der Waals surface area contributed by atoms with Crippen molar-refractivity contribution in [2.24, 2.45) is 7.05 Å². The number of hydrogen-bond donors (Lipinski definition) is 0. The van der Waals surface area contributed by atoms with Gasteiger partial charge in [-0.3, -0.25) is 9.55 Å². The second kappa shape index (κ2) is 6.33. The third-order valence-electron chi connectivity index (χ3n) is 3.62. The average molecular weight is 348 g/mol. The molecule has 0 atom stereocenters. The molecule has 25 heavy (non-hydrogen) atoms. The summed E-state index contributed by atoms with van der Waals surface area (Å²) in [6, 6.07) is 13.4. The summed E-state index contributed by atoms with van der Waals surface area (Å²) in [7, 11) is 1.79. The van der Waals surface area contributed by atoms with Gasteiger partial charge in [0.25, 0.3) is 5.95 Å². The molecule has 0 unspecified atom stereocenters. The zero-order valence-corrected chi connectivity index (χ0v) is 14.1. The van der Waals surface area contributed by atoms with Gasteiger partial charge in [0.2, 0.25) is 0 Å². The van der Waals surface area contributed by atoms with Crippen molar-refractivity contribution in [3.63, 3.8) is 0 Å². The van der Waals surface area contributed by atoms with Crippen molar-refractivity contribution < 1.29 is 0 Å². The number of nitriles is 1. The lowest BCUT2D eigenvalue weighted by atomic mass is 10.2. The predicted octanol–water partition coefficient (Wildman–Crippen LogP) is 2.11. The molecule has 4 rings (SSSR count). The SMILES string of the molecule is Cn1nnnc1-n1c(SCc2cc(C#N)ccn2)nc2ccccc21. The van der Waals surface area contributed by atoms with Gasteiger partial charge in [0.15, 0.2) is 5.16 Å². The molecule has 0 bridgehead atoms. The van der Waals surface area contributed by atoms with E-state index in [1.807, 2.05) is 28.8 Å². The highest BCUT2D eigenvalue weighted by atomic mass is 32.2. The van der Waals surface area contributed by atoms with Crippen LogP contribution in [-0.4, -0.2) is 34.7 Å². The van der Waals surface area contributed by atoms with Crippen LogP contribution in [0.2, 0.25) is 0 Å². The Balaban J connectivity index is 1.74. The maximum Gasteiger partial charge on any atom is 0.256 e. The number of imidazole rings is 1. The number of pyridine rings is 1. The van der Waals surface area contributed by atoms with E-state index in [0.717, 1.165) is 21.9 Å². The Bertz CT molecular complexity index is 1090. The van der Waals surface area contributed by atoms with Gasteiger partial charge < -0.3 is 0 Å². The van der Waals surface area contributed by atoms with Gasteiger partial charge in [-0.15, -0.1) is 0 Å². The van der Waals surface area contributed by atoms with Crippen LogP contribution in [0.4, 0.5) is 0 Å². The van der Waals surface area contributed by atoms with Crippen molar-refractivity contribution in [2.75, 3.05) is 0 Å². The molecular weight excluding hydrogens is 336 g/mol. The zero-order chi connectivity index (χ0) is 17.2. The Morgan fingerprint density at radius 2 is 2.12 bits per heavy atom. The lowest BCUT2D eigenvalue weighted by Crippen LogP contribution is -2.05. The fraction of sp³-hybridized carbons (Fsp3) is 0.125. The number of fused-ring (bicyclic) bond motifs is 1. The van der Waals surface area contributed by atoms with E-state index in [1.54, 1.807) is 30.1 Å². The van der Waals surface area contributed by atoms with Crippen LogP contribution in [0, 0.1) is 11.3 Å². The average Bonchev–Trinajstić information content (AvgIpc) is 3.22. The van der Waals surface area contributed by atoms with Crippen LogP contribution in [0.15, 0.2) is 47.8 Å². The molecule has 0 N–H and O–H groups in total. The molecule has 9 heteroatoms. The first kappa shape index (κ1) is 15.3. The number of thioether (sulfide) groups is 1. The van der Waals surface area contributed by atoms with E-state index in [0.29, 0.717) is 17.3 Å². The molecule has 0 aliphatic rings. The molecule has 3 heterocycles. The number of nitrogens with zero attached hydrogens (tertiary/aromatic N) is 8. The lowest BCUT2D eigenvalue weighted by Gasteiger charge is -2.06. The number of para-hydroxylation sites is 2. The molecular formula is C16H12N8S. The third-order valence-corrected chi connectivity index (χ3v) is 4.59. The first-order valence-corrected chi connectivity index (χ1v) is 8.43. The molecule has 0 aliphatic heterocycles. The summed E-state index contributed by atoms with van der Waals surface area (Å²) in [6.07, 6.45) is 1.64. The monoisotopic (exact) mass is 348 g/mol. The van der Waals surface area contributed by atoms with Crippen molar-refractivity contribution in [1.82, 2.24) is 34.7 Å². The molecule has 3 aromatic heterocycles. The Kier molecular flexibility index (Phi) is 3.87. The van der Waals surface area contributed by atoms with Gasteiger partial charge in [0, 0.05) is 19.0 Å². The van der Waals surface area contributed by atoms with E-state index in [1.165, 1.54) is 11.8 Å². The van der Waals surface area contributed by atoms with E-state index < -0.39 is 0 Å². The van der Waals surface area contributed by atoms with Crippen LogP contribution in [0.1, 0.15) is 11.3 Å². The smallest absolute Gasteiger partial charge is 0.256 e. The predicted molar refractivity (Wildman–Crippen MR) is 91.9 cm³/mol. The standard InChI is InChI=1S/C16H12N8S/c1-23-15(20-21-22-23)24-14-5-3-2-4-13(14)19-16(24)25-10-12-8-11(9-17)6-7-18-12/h2-8H,10H2,1H3. The van der Waals surface area contributed by atoms with Crippen molar-refractivity contribution >= 4 is 22.8 Å². The Morgan fingerprint density at radius 1 is 1.24 bits per heavy atom. The second-order valence-corrected chi connectivity index (χ2v) is 6.20. The summed E-state index contributed by atoms with van der Waals surface area (Å²) >= 11 is 1.52. The molecule has 1 aromatic carbocycles. The molecule has 8 nitrogen and oxygen atoms in total. The maximum absolute atomic E-state index is 9.02. The van der Waals surface area contributed by atoms with E-state index in [-0.39, 0.29) is 0 Å². The van der Waals surface area contributed by atoms with Crippen molar-refractivity contribution in [3.05, 3.63) is 53.9 Å². The Labute approximate surface area is 147 Å². The van der Waals surface area contributed by atoms with Gasteiger partial charge in [0.05, 0.1) is 28.4 Å². The summed E-state index contributed by atoms with van der Waals surface area (Å²) in [5, 5.41) is 21.5. The summed E-state index contributed by atoms with van der Waals surface area (Å²) in [5.74, 6) is 1.18.